The van der Waals surface area contributed by atoms with E-state index in [9.17, 15) is 18.3 Å². The van der Waals surface area contributed by atoms with Gasteiger partial charge in [-0.05, 0) is 29.7 Å². The molecule has 130 valence electrons. The van der Waals surface area contributed by atoms with Crippen molar-refractivity contribution in [2.75, 3.05) is 7.11 Å². The number of halogens is 3. The van der Waals surface area contributed by atoms with Crippen LogP contribution in [-0.4, -0.2) is 18.6 Å². The maximum absolute atomic E-state index is 12.3. The number of fused-ring (bicyclic) bond motifs is 1. The van der Waals surface area contributed by atoms with E-state index in [4.69, 9.17) is 4.74 Å². The number of nitrogens with zero attached hydrogens (tertiary/aromatic N) is 1. The van der Waals surface area contributed by atoms with E-state index in [1.165, 1.54) is 25.3 Å². The molecule has 0 saturated heterocycles. The summed E-state index contributed by atoms with van der Waals surface area (Å²) in [4.78, 5) is 0. The highest BCUT2D eigenvalue weighted by Crippen LogP contribution is 2.30. The normalized spacial score (nSPS) is 11.5. The van der Waals surface area contributed by atoms with E-state index in [1.807, 2.05) is 16.8 Å². The molecule has 0 radical (unpaired) electrons. The number of hydrogen-bond donors (Lipinski definition) is 1. The van der Waals surface area contributed by atoms with Crippen LogP contribution < -0.4 is 14.0 Å². The topological polar surface area (TPSA) is 42.6 Å². The standard InChI is InChI=1S/C18H14F3NO3/c1-24-17-9-14-11-22(6-5-13(14)8-16(17)23)10-12-3-2-4-15(7-12)25-18(19,20)21/h2-9,11H,10H2,1H3/p+1. The average Bonchev–Trinajstić information content (AvgIpc) is 2.53. The molecule has 0 fully saturated rings. The number of pyridine rings is 1. The van der Waals surface area contributed by atoms with E-state index in [0.29, 0.717) is 17.9 Å². The molecular formula is C18H15F3NO3+. The van der Waals surface area contributed by atoms with Gasteiger partial charge in [-0.3, -0.25) is 0 Å². The van der Waals surface area contributed by atoms with Crippen molar-refractivity contribution >= 4 is 10.8 Å². The molecule has 0 bridgehead atoms. The Bertz CT molecular complexity index is 910. The van der Waals surface area contributed by atoms with E-state index in [2.05, 4.69) is 4.74 Å². The first-order valence-electron chi connectivity index (χ1n) is 7.38. The number of rotatable bonds is 4. The summed E-state index contributed by atoms with van der Waals surface area (Å²) in [5.41, 5.74) is 0.664. The maximum Gasteiger partial charge on any atom is 0.573 e. The number of alkyl halides is 3. The van der Waals surface area contributed by atoms with Gasteiger partial charge in [0.25, 0.3) is 0 Å². The van der Waals surface area contributed by atoms with Crippen LogP contribution >= 0.6 is 0 Å². The summed E-state index contributed by atoms with van der Waals surface area (Å²) >= 11 is 0. The molecule has 1 aromatic heterocycles. The molecule has 3 rings (SSSR count). The van der Waals surface area contributed by atoms with Crippen LogP contribution in [0.25, 0.3) is 10.8 Å². The van der Waals surface area contributed by atoms with Gasteiger partial charge in [-0.1, -0.05) is 12.1 Å². The van der Waals surface area contributed by atoms with Crippen molar-refractivity contribution in [3.8, 4) is 17.2 Å². The minimum absolute atomic E-state index is 0.0461. The molecular weight excluding hydrogens is 335 g/mol. The van der Waals surface area contributed by atoms with Crippen molar-refractivity contribution < 1.29 is 32.3 Å². The van der Waals surface area contributed by atoms with Gasteiger partial charge in [0.2, 0.25) is 0 Å². The van der Waals surface area contributed by atoms with Crippen molar-refractivity contribution in [1.29, 1.82) is 0 Å². The number of benzene rings is 2. The third-order valence-electron chi connectivity index (χ3n) is 3.63. The van der Waals surface area contributed by atoms with E-state index in [1.54, 1.807) is 24.4 Å². The molecule has 1 heterocycles. The number of aromatic nitrogens is 1. The van der Waals surface area contributed by atoms with Gasteiger partial charge in [0, 0.05) is 17.0 Å². The zero-order valence-corrected chi connectivity index (χ0v) is 13.2. The summed E-state index contributed by atoms with van der Waals surface area (Å²) in [5, 5.41) is 11.5. The van der Waals surface area contributed by atoms with Crippen molar-refractivity contribution in [3.63, 3.8) is 0 Å². The highest BCUT2D eigenvalue weighted by Gasteiger charge is 2.31. The SMILES string of the molecule is COc1cc2c[n+](Cc3cccc(OC(F)(F)F)c3)ccc2cc1O. The minimum Gasteiger partial charge on any atom is -0.504 e. The summed E-state index contributed by atoms with van der Waals surface area (Å²) in [6, 6.07) is 10.9. The molecule has 0 aliphatic carbocycles. The number of aromatic hydroxyl groups is 1. The van der Waals surface area contributed by atoms with E-state index in [0.717, 1.165) is 10.8 Å². The Kier molecular flexibility index (Phi) is 4.39. The second kappa shape index (κ2) is 6.51. The molecule has 25 heavy (non-hydrogen) atoms. The third-order valence-corrected chi connectivity index (χ3v) is 3.63. The molecule has 0 unspecified atom stereocenters. The summed E-state index contributed by atoms with van der Waals surface area (Å²) < 4.78 is 47.8. The van der Waals surface area contributed by atoms with E-state index in [-0.39, 0.29) is 11.5 Å². The molecule has 7 heteroatoms. The van der Waals surface area contributed by atoms with Crippen LogP contribution in [0.15, 0.2) is 54.9 Å². The monoisotopic (exact) mass is 350 g/mol. The first-order valence-corrected chi connectivity index (χ1v) is 7.38. The molecule has 0 spiro atoms. The lowest BCUT2D eigenvalue weighted by atomic mass is 10.1. The van der Waals surface area contributed by atoms with Crippen molar-refractivity contribution in [2.45, 2.75) is 12.9 Å². The number of ether oxygens (including phenoxy) is 2. The average molecular weight is 350 g/mol. The largest absolute Gasteiger partial charge is 0.573 e. The van der Waals surface area contributed by atoms with Gasteiger partial charge in [0.15, 0.2) is 30.4 Å². The number of phenolic OH excluding ortho intramolecular Hbond substituents is 1. The molecule has 0 atom stereocenters. The second-order valence-corrected chi connectivity index (χ2v) is 5.47. The molecule has 0 amide bonds. The number of hydrogen-bond acceptors (Lipinski definition) is 3. The van der Waals surface area contributed by atoms with Crippen molar-refractivity contribution in [1.82, 2.24) is 0 Å². The smallest absolute Gasteiger partial charge is 0.504 e. The Balaban J connectivity index is 1.88. The Hall–Kier alpha value is -2.96. The summed E-state index contributed by atoms with van der Waals surface area (Å²) in [6.45, 7) is 0.369. The first-order chi connectivity index (χ1) is 11.8. The Morgan fingerprint density at radius 1 is 1.08 bits per heavy atom. The van der Waals surface area contributed by atoms with Crippen LogP contribution in [0.3, 0.4) is 0 Å². The molecule has 1 N–H and O–H groups in total. The van der Waals surface area contributed by atoms with Gasteiger partial charge in [-0.25, -0.2) is 4.57 Å². The second-order valence-electron chi connectivity index (χ2n) is 5.47. The number of methoxy groups -OCH3 is 1. The maximum atomic E-state index is 12.3. The lowest BCUT2D eigenvalue weighted by Gasteiger charge is -2.09. The lowest BCUT2D eigenvalue weighted by molar-refractivity contribution is -0.687. The zero-order chi connectivity index (χ0) is 18.0. The molecule has 3 aromatic rings. The van der Waals surface area contributed by atoms with Crippen molar-refractivity contribution in [3.05, 3.63) is 60.4 Å². The van der Waals surface area contributed by atoms with Crippen molar-refractivity contribution in [2.24, 2.45) is 0 Å². The molecule has 0 saturated carbocycles. The van der Waals surface area contributed by atoms with Gasteiger partial charge >= 0.3 is 6.36 Å². The first kappa shape index (κ1) is 16.9. The highest BCUT2D eigenvalue weighted by atomic mass is 19.4. The van der Waals surface area contributed by atoms with Crippen LogP contribution in [0.4, 0.5) is 13.2 Å². The fraction of sp³-hybridized carbons (Fsp3) is 0.167. The van der Waals surface area contributed by atoms with Crippen LogP contribution in [0.2, 0.25) is 0 Å². The van der Waals surface area contributed by atoms with Crippen LogP contribution in [0, 0.1) is 0 Å². The fourth-order valence-corrected chi connectivity index (χ4v) is 2.57. The molecule has 4 nitrogen and oxygen atoms in total. The highest BCUT2D eigenvalue weighted by molar-refractivity contribution is 5.84. The third kappa shape index (κ3) is 4.12. The Labute approximate surface area is 141 Å². The molecule has 2 aromatic carbocycles. The van der Waals surface area contributed by atoms with Gasteiger partial charge in [0.1, 0.15) is 5.75 Å². The predicted octanol–water partition coefficient (Wildman–Crippen LogP) is 3.79. The van der Waals surface area contributed by atoms with Crippen LogP contribution in [0.5, 0.6) is 17.2 Å². The summed E-state index contributed by atoms with van der Waals surface area (Å²) in [6.07, 6.45) is -1.10. The van der Waals surface area contributed by atoms with E-state index < -0.39 is 6.36 Å². The van der Waals surface area contributed by atoms with Gasteiger partial charge in [0.05, 0.1) is 7.11 Å². The Morgan fingerprint density at radius 3 is 2.60 bits per heavy atom. The van der Waals surface area contributed by atoms with Crippen LogP contribution in [0.1, 0.15) is 5.56 Å². The minimum atomic E-state index is -4.72. The van der Waals surface area contributed by atoms with Gasteiger partial charge < -0.3 is 14.6 Å². The zero-order valence-electron chi connectivity index (χ0n) is 13.2. The molecule has 0 aliphatic rings. The van der Waals surface area contributed by atoms with Gasteiger partial charge in [-0.15, -0.1) is 13.2 Å². The number of phenols is 1. The predicted molar refractivity (Wildman–Crippen MR) is 84.6 cm³/mol. The molecule has 0 aliphatic heterocycles. The van der Waals surface area contributed by atoms with Crippen LogP contribution in [-0.2, 0) is 6.54 Å². The Morgan fingerprint density at radius 2 is 1.88 bits per heavy atom. The van der Waals surface area contributed by atoms with Gasteiger partial charge in [-0.2, -0.15) is 0 Å². The van der Waals surface area contributed by atoms with E-state index >= 15 is 0 Å². The fourth-order valence-electron chi connectivity index (χ4n) is 2.57. The summed E-state index contributed by atoms with van der Waals surface area (Å²) in [7, 11) is 1.46. The lowest BCUT2D eigenvalue weighted by Crippen LogP contribution is -2.33. The summed E-state index contributed by atoms with van der Waals surface area (Å²) in [5.74, 6) is 0.147. The quantitative estimate of drug-likeness (QED) is 0.728.